The summed E-state index contributed by atoms with van der Waals surface area (Å²) in [6.45, 7) is 13.1. The smallest absolute Gasteiger partial charge is 0.250 e. The van der Waals surface area contributed by atoms with Crippen molar-refractivity contribution in [1.29, 1.82) is 0 Å². The molecule has 0 amide bonds. The van der Waals surface area contributed by atoms with Gasteiger partial charge in [-0.05, 0) is 50.8 Å². The molecule has 3 rings (SSSR count). The lowest BCUT2D eigenvalue weighted by atomic mass is 9.85. The minimum Gasteiger partial charge on any atom is -0.250 e. The van der Waals surface area contributed by atoms with Gasteiger partial charge in [0.1, 0.15) is 0 Å². The van der Waals surface area contributed by atoms with Crippen LogP contribution in [0.3, 0.4) is 0 Å². The van der Waals surface area contributed by atoms with Gasteiger partial charge in [-0.2, -0.15) is 0 Å². The first-order chi connectivity index (χ1) is 10.6. The average molecular weight is 327 g/mol. The fourth-order valence-corrected chi connectivity index (χ4v) is 3.87. The highest BCUT2D eigenvalue weighted by Gasteiger charge is 2.22. The molecule has 120 valence electrons. The minimum absolute atomic E-state index is 0.0265. The van der Waals surface area contributed by atoms with E-state index < -0.39 is 7.65 Å². The maximum Gasteiger partial charge on any atom is 0.597 e. The molecule has 0 spiro atoms. The van der Waals surface area contributed by atoms with Gasteiger partial charge in [-0.25, -0.2) is 4.20 Å². The number of benzene rings is 2. The molecule has 0 bridgehead atoms. The largest absolute Gasteiger partial charge is 0.597 e. The molecule has 0 aliphatic rings. The van der Waals surface area contributed by atoms with Crippen molar-refractivity contribution in [2.24, 2.45) is 0 Å². The molecule has 0 saturated heterocycles. The van der Waals surface area contributed by atoms with Crippen molar-refractivity contribution < 1.29 is 8.76 Å². The highest BCUT2D eigenvalue weighted by Crippen LogP contribution is 2.39. The van der Waals surface area contributed by atoms with Crippen LogP contribution in [0.5, 0.6) is 0 Å². The number of fused-ring (bicyclic) bond motifs is 3. The van der Waals surface area contributed by atoms with E-state index in [4.69, 9.17) is 4.20 Å². The van der Waals surface area contributed by atoms with E-state index >= 15 is 0 Å². The Morgan fingerprint density at radius 1 is 0.783 bits per heavy atom. The average Bonchev–Trinajstić information content (AvgIpc) is 2.44. The summed E-state index contributed by atoms with van der Waals surface area (Å²) >= 11 is 0. The van der Waals surface area contributed by atoms with Crippen LogP contribution in [-0.2, 0) is 15.4 Å². The van der Waals surface area contributed by atoms with E-state index in [0.29, 0.717) is 0 Å². The maximum absolute atomic E-state index is 12.5. The van der Waals surface area contributed by atoms with Gasteiger partial charge in [0.15, 0.2) is 5.58 Å². The molecule has 0 aliphatic heterocycles. The first-order valence-electron chi connectivity index (χ1n) is 8.02. The van der Waals surface area contributed by atoms with Gasteiger partial charge in [-0.3, -0.25) is 0 Å². The van der Waals surface area contributed by atoms with Gasteiger partial charge in [0.2, 0.25) is 5.12 Å². The van der Waals surface area contributed by atoms with Crippen molar-refractivity contribution in [3.63, 3.8) is 0 Å². The second kappa shape index (κ2) is 5.18. The summed E-state index contributed by atoms with van der Waals surface area (Å²) in [5.41, 5.74) is 3.25. The summed E-state index contributed by atoms with van der Waals surface area (Å²) in [6.07, 6.45) is 0. The monoisotopic (exact) mass is 327 g/mol. The van der Waals surface area contributed by atoms with Crippen molar-refractivity contribution in [3.05, 3.63) is 47.5 Å². The fourth-order valence-electron chi connectivity index (χ4n) is 2.80. The summed E-state index contributed by atoms with van der Waals surface area (Å²) in [5, 5.41) is 2.89. The second-order valence-electron chi connectivity index (χ2n) is 8.29. The van der Waals surface area contributed by atoms with Crippen LogP contribution in [0, 0.1) is 0 Å². The Labute approximate surface area is 138 Å². The van der Waals surface area contributed by atoms with Crippen LogP contribution >= 0.6 is 7.65 Å². The van der Waals surface area contributed by atoms with E-state index in [1.54, 1.807) is 0 Å². The van der Waals surface area contributed by atoms with Crippen LogP contribution in [0.1, 0.15) is 52.7 Å². The summed E-state index contributed by atoms with van der Waals surface area (Å²) in [7, 11) is -1.85. The normalized spacial score (nSPS) is 13.7. The zero-order valence-corrected chi connectivity index (χ0v) is 15.6. The molecular formula is C20H24O2P+. The number of rotatable bonds is 0. The molecule has 0 radical (unpaired) electrons. The van der Waals surface area contributed by atoms with Gasteiger partial charge in [0.05, 0.1) is 0 Å². The topological polar surface area (TPSA) is 30.2 Å². The molecule has 23 heavy (non-hydrogen) atoms. The van der Waals surface area contributed by atoms with Gasteiger partial charge in [0, 0.05) is 10.8 Å². The molecule has 1 unspecified atom stereocenters. The zero-order chi connectivity index (χ0) is 17.0. The van der Waals surface area contributed by atoms with Crippen LogP contribution in [0.15, 0.2) is 40.6 Å². The third-order valence-electron chi connectivity index (χ3n) is 4.38. The molecule has 1 heterocycles. The predicted molar refractivity (Wildman–Crippen MR) is 98.7 cm³/mol. The van der Waals surface area contributed by atoms with Crippen LogP contribution in [-0.4, -0.2) is 0 Å². The molecule has 0 saturated carbocycles. The summed E-state index contributed by atoms with van der Waals surface area (Å²) in [6, 6.07) is 12.5. The minimum atomic E-state index is -1.85. The Kier molecular flexibility index (Phi) is 3.65. The highest BCUT2D eigenvalue weighted by atomic mass is 31.1. The third kappa shape index (κ3) is 2.93. The molecular weight excluding hydrogens is 303 g/mol. The van der Waals surface area contributed by atoms with E-state index in [1.165, 1.54) is 11.1 Å². The Morgan fingerprint density at radius 2 is 1.35 bits per heavy atom. The third-order valence-corrected chi connectivity index (χ3v) is 5.50. The van der Waals surface area contributed by atoms with Crippen LogP contribution in [0.25, 0.3) is 21.5 Å². The van der Waals surface area contributed by atoms with Crippen LogP contribution in [0.4, 0.5) is 0 Å². The molecule has 0 N–H and O–H groups in total. The molecule has 2 aromatic carbocycles. The Bertz CT molecular complexity index is 953. The van der Waals surface area contributed by atoms with Crippen molar-refractivity contribution in [1.82, 2.24) is 0 Å². The molecule has 3 aromatic rings. The summed E-state index contributed by atoms with van der Waals surface area (Å²) < 4.78 is 18.2. The van der Waals surface area contributed by atoms with Crippen molar-refractivity contribution in [2.75, 3.05) is 0 Å². The van der Waals surface area contributed by atoms with Gasteiger partial charge in [0.25, 0.3) is 0 Å². The Balaban J connectivity index is 2.39. The van der Waals surface area contributed by atoms with E-state index in [1.807, 2.05) is 12.1 Å². The number of hydrogen-bond acceptors (Lipinski definition) is 2. The summed E-state index contributed by atoms with van der Waals surface area (Å²) in [5.74, 6) is 0. The van der Waals surface area contributed by atoms with Crippen molar-refractivity contribution in [2.45, 2.75) is 52.4 Å². The van der Waals surface area contributed by atoms with Gasteiger partial charge in [-0.15, -0.1) is 0 Å². The molecule has 1 atom stereocenters. The lowest BCUT2D eigenvalue weighted by Gasteiger charge is -2.19. The predicted octanol–water partition coefficient (Wildman–Crippen LogP) is 6.92. The zero-order valence-electron chi connectivity index (χ0n) is 14.7. The van der Waals surface area contributed by atoms with E-state index in [2.05, 4.69) is 65.8 Å². The SMILES string of the molecule is CC(C)(C)c1ccc2o[p+](=O)c3cc(C(C)(C)C)ccc3c2c1. The van der Waals surface area contributed by atoms with Crippen LogP contribution < -0.4 is 0 Å². The van der Waals surface area contributed by atoms with Gasteiger partial charge < -0.3 is 0 Å². The van der Waals surface area contributed by atoms with Crippen molar-refractivity contribution >= 4 is 29.1 Å². The first kappa shape index (κ1) is 16.2. The van der Waals surface area contributed by atoms with Gasteiger partial charge >= 0.3 is 7.65 Å². The molecule has 0 aliphatic carbocycles. The standard InChI is InChI=1S/C20H24O2P/c1-19(2,3)13-8-10-17-16(11-13)15-9-7-14(20(4,5)6)12-18(15)23(21)22-17/h7-12H,1-6H3/q+1. The summed E-state index contributed by atoms with van der Waals surface area (Å²) in [4.78, 5) is 0. The van der Waals surface area contributed by atoms with E-state index in [9.17, 15) is 4.57 Å². The quantitative estimate of drug-likeness (QED) is 0.419. The molecule has 1 aromatic heterocycles. The lowest BCUT2D eigenvalue weighted by molar-refractivity contribution is 0.563. The maximum atomic E-state index is 12.5. The lowest BCUT2D eigenvalue weighted by Crippen LogP contribution is -2.11. The fraction of sp³-hybridized carbons (Fsp3) is 0.400. The number of hydrogen-bond donors (Lipinski definition) is 0. The van der Waals surface area contributed by atoms with Crippen LogP contribution in [0.2, 0.25) is 0 Å². The Hall–Kier alpha value is -1.66. The van der Waals surface area contributed by atoms with Crippen molar-refractivity contribution in [3.8, 4) is 0 Å². The Morgan fingerprint density at radius 3 is 1.96 bits per heavy atom. The second-order valence-corrected chi connectivity index (χ2v) is 9.47. The highest BCUT2D eigenvalue weighted by molar-refractivity contribution is 7.37. The molecule has 3 heteroatoms. The van der Waals surface area contributed by atoms with E-state index in [-0.39, 0.29) is 10.8 Å². The first-order valence-corrected chi connectivity index (χ1v) is 9.20. The van der Waals surface area contributed by atoms with E-state index in [0.717, 1.165) is 21.5 Å². The van der Waals surface area contributed by atoms with Gasteiger partial charge in [-0.1, -0.05) is 53.7 Å². The molecule has 2 nitrogen and oxygen atoms in total. The molecule has 0 fully saturated rings.